The zero-order chi connectivity index (χ0) is 9.15. The molecule has 2 heteroatoms. The van der Waals surface area contributed by atoms with Crippen molar-refractivity contribution in [1.29, 1.82) is 0 Å². The SMILES string of the molecule is CC=NN1CCC2(CCCC2)CC1. The third kappa shape index (κ3) is 1.87. The summed E-state index contributed by atoms with van der Waals surface area (Å²) >= 11 is 0. The second kappa shape index (κ2) is 3.69. The first-order valence-electron chi connectivity index (χ1n) is 5.58. The minimum Gasteiger partial charge on any atom is -0.297 e. The van der Waals surface area contributed by atoms with Crippen LogP contribution in [0.5, 0.6) is 0 Å². The molecule has 0 aromatic carbocycles. The summed E-state index contributed by atoms with van der Waals surface area (Å²) in [7, 11) is 0. The summed E-state index contributed by atoms with van der Waals surface area (Å²) in [5.74, 6) is 0. The molecule has 1 aliphatic carbocycles. The highest BCUT2D eigenvalue weighted by Crippen LogP contribution is 2.45. The van der Waals surface area contributed by atoms with Gasteiger partial charge in [-0.25, -0.2) is 0 Å². The van der Waals surface area contributed by atoms with Crippen molar-refractivity contribution in [3.8, 4) is 0 Å². The zero-order valence-electron chi connectivity index (χ0n) is 8.63. The van der Waals surface area contributed by atoms with Crippen molar-refractivity contribution in [3.63, 3.8) is 0 Å². The maximum absolute atomic E-state index is 4.35. The molecule has 1 saturated heterocycles. The van der Waals surface area contributed by atoms with Crippen LogP contribution < -0.4 is 0 Å². The van der Waals surface area contributed by atoms with Gasteiger partial charge in [-0.05, 0) is 38.0 Å². The molecule has 0 amide bonds. The first-order chi connectivity index (χ1) is 6.35. The van der Waals surface area contributed by atoms with Crippen molar-refractivity contribution in [2.24, 2.45) is 10.5 Å². The molecule has 13 heavy (non-hydrogen) atoms. The first kappa shape index (κ1) is 9.04. The second-order valence-corrected chi connectivity index (χ2v) is 4.53. The van der Waals surface area contributed by atoms with E-state index < -0.39 is 0 Å². The summed E-state index contributed by atoms with van der Waals surface area (Å²) in [4.78, 5) is 0. The topological polar surface area (TPSA) is 15.6 Å². The molecule has 2 nitrogen and oxygen atoms in total. The Kier molecular flexibility index (Phi) is 2.56. The zero-order valence-corrected chi connectivity index (χ0v) is 8.63. The van der Waals surface area contributed by atoms with Crippen molar-refractivity contribution < 1.29 is 0 Å². The Bertz CT molecular complexity index is 182. The molecule has 2 aliphatic rings. The van der Waals surface area contributed by atoms with Crippen LogP contribution >= 0.6 is 0 Å². The summed E-state index contributed by atoms with van der Waals surface area (Å²) in [6.07, 6.45) is 10.6. The Hall–Kier alpha value is -0.530. The van der Waals surface area contributed by atoms with Crippen LogP contribution in [0.1, 0.15) is 45.4 Å². The quantitative estimate of drug-likeness (QED) is 0.566. The molecule has 74 valence electrons. The van der Waals surface area contributed by atoms with Gasteiger partial charge in [0.1, 0.15) is 0 Å². The molecular weight excluding hydrogens is 160 g/mol. The van der Waals surface area contributed by atoms with Gasteiger partial charge in [0.15, 0.2) is 0 Å². The molecule has 1 aliphatic heterocycles. The maximum Gasteiger partial charge on any atom is 0.0365 e. The van der Waals surface area contributed by atoms with Crippen LogP contribution in [0.15, 0.2) is 5.10 Å². The molecular formula is C11H20N2. The van der Waals surface area contributed by atoms with E-state index in [1.165, 1.54) is 51.6 Å². The summed E-state index contributed by atoms with van der Waals surface area (Å²) in [5, 5.41) is 6.57. The van der Waals surface area contributed by atoms with E-state index in [-0.39, 0.29) is 0 Å². The van der Waals surface area contributed by atoms with Gasteiger partial charge in [0.2, 0.25) is 0 Å². The van der Waals surface area contributed by atoms with E-state index in [2.05, 4.69) is 10.1 Å². The van der Waals surface area contributed by atoms with Gasteiger partial charge in [-0.3, -0.25) is 5.01 Å². The van der Waals surface area contributed by atoms with E-state index in [4.69, 9.17) is 0 Å². The number of hydrogen-bond acceptors (Lipinski definition) is 2. The predicted molar refractivity (Wildman–Crippen MR) is 55.9 cm³/mol. The van der Waals surface area contributed by atoms with E-state index in [0.29, 0.717) is 0 Å². The van der Waals surface area contributed by atoms with Crippen molar-refractivity contribution in [2.45, 2.75) is 45.4 Å². The lowest BCUT2D eigenvalue weighted by atomic mass is 9.77. The Balaban J connectivity index is 1.88. The molecule has 0 aromatic rings. The lowest BCUT2D eigenvalue weighted by Crippen LogP contribution is -2.35. The van der Waals surface area contributed by atoms with Crippen LogP contribution in [-0.2, 0) is 0 Å². The number of nitrogens with zero attached hydrogens (tertiary/aromatic N) is 2. The fraction of sp³-hybridized carbons (Fsp3) is 0.909. The normalized spacial score (nSPS) is 27.6. The number of hydrogen-bond donors (Lipinski definition) is 0. The van der Waals surface area contributed by atoms with Gasteiger partial charge < -0.3 is 0 Å². The van der Waals surface area contributed by atoms with E-state index in [1.807, 2.05) is 13.1 Å². The summed E-state index contributed by atoms with van der Waals surface area (Å²) in [5.41, 5.74) is 0.736. The van der Waals surface area contributed by atoms with Gasteiger partial charge in [-0.1, -0.05) is 12.8 Å². The molecule has 0 radical (unpaired) electrons. The highest BCUT2D eigenvalue weighted by atomic mass is 15.4. The Labute approximate surface area is 81.0 Å². The lowest BCUT2D eigenvalue weighted by molar-refractivity contribution is 0.112. The second-order valence-electron chi connectivity index (χ2n) is 4.53. The summed E-state index contributed by atoms with van der Waals surface area (Å²) < 4.78 is 0. The number of hydrazone groups is 1. The fourth-order valence-electron chi connectivity index (χ4n) is 2.87. The lowest BCUT2D eigenvalue weighted by Gasteiger charge is -2.38. The van der Waals surface area contributed by atoms with E-state index in [0.717, 1.165) is 5.41 Å². The van der Waals surface area contributed by atoms with E-state index >= 15 is 0 Å². The molecule has 0 unspecified atom stereocenters. The highest BCUT2D eigenvalue weighted by Gasteiger charge is 2.36. The van der Waals surface area contributed by atoms with Crippen molar-refractivity contribution in [2.75, 3.05) is 13.1 Å². The van der Waals surface area contributed by atoms with Gasteiger partial charge in [0.25, 0.3) is 0 Å². The van der Waals surface area contributed by atoms with Crippen molar-refractivity contribution in [1.82, 2.24) is 5.01 Å². The smallest absolute Gasteiger partial charge is 0.0365 e. The number of piperidine rings is 1. The summed E-state index contributed by atoms with van der Waals surface area (Å²) in [6.45, 7) is 4.37. The molecule has 1 spiro atoms. The van der Waals surface area contributed by atoms with Crippen LogP contribution in [0.2, 0.25) is 0 Å². The standard InChI is InChI=1S/C11H20N2/c1-2-12-13-9-7-11(8-10-13)5-3-4-6-11/h2H,3-10H2,1H3. The molecule has 0 atom stereocenters. The first-order valence-corrected chi connectivity index (χ1v) is 5.58. The van der Waals surface area contributed by atoms with Gasteiger partial charge in [-0.15, -0.1) is 0 Å². The minimum absolute atomic E-state index is 0.736. The van der Waals surface area contributed by atoms with Gasteiger partial charge in [0.05, 0.1) is 0 Å². The molecule has 0 N–H and O–H groups in total. The highest BCUT2D eigenvalue weighted by molar-refractivity contribution is 5.52. The third-order valence-electron chi connectivity index (χ3n) is 3.74. The van der Waals surface area contributed by atoms with E-state index in [1.54, 1.807) is 0 Å². The van der Waals surface area contributed by atoms with Crippen LogP contribution in [-0.4, -0.2) is 24.3 Å². The Morgan fingerprint density at radius 3 is 2.23 bits per heavy atom. The van der Waals surface area contributed by atoms with Gasteiger partial charge >= 0.3 is 0 Å². The monoisotopic (exact) mass is 180 g/mol. The average molecular weight is 180 g/mol. The van der Waals surface area contributed by atoms with Crippen molar-refractivity contribution >= 4 is 6.21 Å². The molecule has 1 heterocycles. The molecule has 2 rings (SSSR count). The van der Waals surface area contributed by atoms with Gasteiger partial charge in [-0.2, -0.15) is 5.10 Å². The maximum atomic E-state index is 4.35. The van der Waals surface area contributed by atoms with Crippen LogP contribution in [0.3, 0.4) is 0 Å². The Morgan fingerprint density at radius 1 is 1.08 bits per heavy atom. The number of rotatable bonds is 1. The van der Waals surface area contributed by atoms with E-state index in [9.17, 15) is 0 Å². The summed E-state index contributed by atoms with van der Waals surface area (Å²) in [6, 6.07) is 0. The largest absolute Gasteiger partial charge is 0.297 e. The molecule has 1 saturated carbocycles. The fourth-order valence-corrected chi connectivity index (χ4v) is 2.87. The Morgan fingerprint density at radius 2 is 1.69 bits per heavy atom. The molecule has 2 fully saturated rings. The van der Waals surface area contributed by atoms with Crippen molar-refractivity contribution in [3.05, 3.63) is 0 Å². The van der Waals surface area contributed by atoms with Crippen LogP contribution in [0.4, 0.5) is 0 Å². The molecule has 0 bridgehead atoms. The predicted octanol–water partition coefficient (Wildman–Crippen LogP) is 2.65. The van der Waals surface area contributed by atoms with Gasteiger partial charge in [0, 0.05) is 19.3 Å². The minimum atomic E-state index is 0.736. The van der Waals surface area contributed by atoms with Crippen LogP contribution in [0.25, 0.3) is 0 Å². The average Bonchev–Trinajstić information content (AvgIpc) is 2.59. The third-order valence-corrected chi connectivity index (χ3v) is 3.74. The van der Waals surface area contributed by atoms with Crippen LogP contribution in [0, 0.1) is 5.41 Å². The molecule has 0 aromatic heterocycles.